The van der Waals surface area contributed by atoms with Crippen molar-refractivity contribution in [3.63, 3.8) is 0 Å². The minimum atomic E-state index is -0.558. The number of aromatic nitrogens is 4. The second-order valence-electron chi connectivity index (χ2n) is 8.36. The predicted molar refractivity (Wildman–Crippen MR) is 121 cm³/mol. The first-order valence-electron chi connectivity index (χ1n) is 10.4. The molecule has 2 aromatic heterocycles. The molecule has 0 spiro atoms. The van der Waals surface area contributed by atoms with Gasteiger partial charge in [-0.15, -0.1) is 0 Å². The van der Waals surface area contributed by atoms with Crippen molar-refractivity contribution in [3.05, 3.63) is 35.0 Å². The second-order valence-corrected chi connectivity index (χ2v) is 8.72. The molecule has 11 heteroatoms. The fourth-order valence-electron chi connectivity index (χ4n) is 3.45. The quantitative estimate of drug-likeness (QED) is 0.380. The van der Waals surface area contributed by atoms with E-state index in [0.717, 1.165) is 13.0 Å². The summed E-state index contributed by atoms with van der Waals surface area (Å²) in [6.45, 7) is 7.05. The number of ether oxygens (including phenoxy) is 1. The number of benzene rings is 1. The van der Waals surface area contributed by atoms with E-state index in [1.807, 2.05) is 34.9 Å². The fourth-order valence-corrected chi connectivity index (χ4v) is 3.71. The molecule has 1 N–H and O–H groups in total. The van der Waals surface area contributed by atoms with E-state index in [2.05, 4.69) is 35.5 Å². The summed E-state index contributed by atoms with van der Waals surface area (Å²) in [7, 11) is 4.00. The molecular formula is C21H26ClFN8O. The van der Waals surface area contributed by atoms with E-state index in [4.69, 9.17) is 16.3 Å². The average Bonchev–Trinajstić information content (AvgIpc) is 3.30. The molecule has 32 heavy (non-hydrogen) atoms. The van der Waals surface area contributed by atoms with Crippen molar-refractivity contribution in [3.8, 4) is 16.9 Å². The van der Waals surface area contributed by atoms with Gasteiger partial charge in [-0.3, -0.25) is 0 Å². The lowest BCUT2D eigenvalue weighted by Crippen LogP contribution is -2.32. The van der Waals surface area contributed by atoms with E-state index >= 15 is 4.39 Å². The summed E-state index contributed by atoms with van der Waals surface area (Å²) in [4.78, 5) is 10.5. The third-order valence-electron chi connectivity index (χ3n) is 5.50. The van der Waals surface area contributed by atoms with Crippen LogP contribution < -0.4 is 10.1 Å². The molecule has 0 fully saturated rings. The van der Waals surface area contributed by atoms with Gasteiger partial charge in [0, 0.05) is 18.2 Å². The molecule has 3 heterocycles. The van der Waals surface area contributed by atoms with Gasteiger partial charge >= 0.3 is 0 Å². The first kappa shape index (κ1) is 22.3. The highest BCUT2D eigenvalue weighted by molar-refractivity contribution is 6.33. The van der Waals surface area contributed by atoms with E-state index in [1.54, 1.807) is 6.07 Å². The van der Waals surface area contributed by atoms with Crippen LogP contribution in [0, 0.1) is 12.7 Å². The van der Waals surface area contributed by atoms with Gasteiger partial charge in [-0.25, -0.2) is 4.39 Å². The molecule has 0 unspecified atom stereocenters. The highest BCUT2D eigenvalue weighted by Crippen LogP contribution is 2.41. The van der Waals surface area contributed by atoms with Crippen LogP contribution in [0.2, 0.25) is 5.15 Å². The zero-order valence-electron chi connectivity index (χ0n) is 18.7. The molecule has 1 aliphatic heterocycles. The van der Waals surface area contributed by atoms with Gasteiger partial charge in [0.1, 0.15) is 28.9 Å². The highest BCUT2D eigenvalue weighted by atomic mass is 35.5. The molecule has 0 amide bonds. The Bertz CT molecular complexity index is 1150. The molecule has 9 nitrogen and oxygen atoms in total. The maximum Gasteiger partial charge on any atom is 0.255 e. The van der Waals surface area contributed by atoms with Crippen LogP contribution in [-0.2, 0) is 0 Å². The van der Waals surface area contributed by atoms with Crippen molar-refractivity contribution in [1.82, 2.24) is 24.5 Å². The molecule has 0 aliphatic carbocycles. The van der Waals surface area contributed by atoms with Crippen LogP contribution in [0.5, 0.6) is 5.75 Å². The van der Waals surface area contributed by atoms with Gasteiger partial charge in [-0.1, -0.05) is 11.6 Å². The summed E-state index contributed by atoms with van der Waals surface area (Å²) in [6, 6.07) is 2.99. The van der Waals surface area contributed by atoms with Crippen LogP contribution in [0.25, 0.3) is 16.9 Å². The molecule has 1 aliphatic rings. The van der Waals surface area contributed by atoms with Gasteiger partial charge in [-0.2, -0.15) is 29.8 Å². The molecule has 0 saturated heterocycles. The molecule has 3 aromatic rings. The van der Waals surface area contributed by atoms with Crippen molar-refractivity contribution in [2.45, 2.75) is 38.9 Å². The molecule has 0 radical (unpaired) electrons. The van der Waals surface area contributed by atoms with Crippen molar-refractivity contribution in [2.75, 3.05) is 32.6 Å². The van der Waals surface area contributed by atoms with E-state index < -0.39 is 11.5 Å². The SMILES string of the molecule is Cc1cc(OCCCN(C)C)cc(F)c1-c1c(Cl)nc2ncnn2c1N[C@H](C)C1(C)N=N1. The van der Waals surface area contributed by atoms with Gasteiger partial charge in [0.15, 0.2) is 0 Å². The second kappa shape index (κ2) is 8.59. The molecule has 170 valence electrons. The largest absolute Gasteiger partial charge is 0.493 e. The van der Waals surface area contributed by atoms with Crippen LogP contribution in [0.15, 0.2) is 28.7 Å². The number of anilines is 1. The molecule has 0 saturated carbocycles. The zero-order chi connectivity index (χ0) is 23.0. The van der Waals surface area contributed by atoms with Crippen LogP contribution in [0.1, 0.15) is 25.8 Å². The number of aryl methyl sites for hydroxylation is 1. The molecule has 0 bridgehead atoms. The Morgan fingerprint density at radius 3 is 2.69 bits per heavy atom. The predicted octanol–water partition coefficient (Wildman–Crippen LogP) is 4.21. The van der Waals surface area contributed by atoms with Gasteiger partial charge in [0.2, 0.25) is 5.66 Å². The minimum absolute atomic E-state index is 0.122. The number of halogens is 2. The van der Waals surface area contributed by atoms with Gasteiger partial charge < -0.3 is 15.0 Å². The number of fused-ring (bicyclic) bond motifs is 1. The number of rotatable bonds is 9. The minimum Gasteiger partial charge on any atom is -0.493 e. The van der Waals surface area contributed by atoms with Crippen LogP contribution in [0.4, 0.5) is 10.2 Å². The Morgan fingerprint density at radius 2 is 2.03 bits per heavy atom. The summed E-state index contributed by atoms with van der Waals surface area (Å²) in [6.07, 6.45) is 2.22. The number of nitrogens with one attached hydrogen (secondary N) is 1. The topological polar surface area (TPSA) is 92.3 Å². The molecule has 4 rings (SSSR count). The summed E-state index contributed by atoms with van der Waals surface area (Å²) in [5.41, 5.74) is 0.830. The first-order valence-corrected chi connectivity index (χ1v) is 10.8. The number of hydrogen-bond acceptors (Lipinski definition) is 8. The van der Waals surface area contributed by atoms with Crippen LogP contribution in [0.3, 0.4) is 0 Å². The summed E-state index contributed by atoms with van der Waals surface area (Å²) < 4.78 is 22.7. The third kappa shape index (κ3) is 4.37. The van der Waals surface area contributed by atoms with Gasteiger partial charge in [-0.05, 0) is 52.9 Å². The monoisotopic (exact) mass is 460 g/mol. The normalized spacial score (nSPS) is 15.4. The van der Waals surface area contributed by atoms with Gasteiger partial charge in [0.25, 0.3) is 5.78 Å². The summed E-state index contributed by atoms with van der Waals surface area (Å²) in [5, 5.41) is 15.9. The zero-order valence-corrected chi connectivity index (χ0v) is 19.5. The summed E-state index contributed by atoms with van der Waals surface area (Å²) in [5.74, 6) is 0.797. The number of hydrogen-bond donors (Lipinski definition) is 1. The summed E-state index contributed by atoms with van der Waals surface area (Å²) >= 11 is 6.55. The van der Waals surface area contributed by atoms with Crippen molar-refractivity contribution in [1.29, 1.82) is 0 Å². The molecular weight excluding hydrogens is 435 g/mol. The van der Waals surface area contributed by atoms with E-state index in [-0.39, 0.29) is 11.2 Å². The fraction of sp³-hybridized carbons (Fsp3) is 0.476. The lowest BCUT2D eigenvalue weighted by molar-refractivity contribution is 0.280. The maximum absolute atomic E-state index is 15.4. The third-order valence-corrected chi connectivity index (χ3v) is 5.77. The van der Waals surface area contributed by atoms with Crippen molar-refractivity contribution >= 4 is 23.2 Å². The van der Waals surface area contributed by atoms with Crippen molar-refractivity contribution < 1.29 is 9.13 Å². The van der Waals surface area contributed by atoms with Crippen LogP contribution >= 0.6 is 11.6 Å². The Balaban J connectivity index is 1.72. The molecule has 1 aromatic carbocycles. The van der Waals surface area contributed by atoms with E-state index in [0.29, 0.717) is 40.6 Å². The lowest BCUT2D eigenvalue weighted by Gasteiger charge is -2.22. The Labute approximate surface area is 190 Å². The Morgan fingerprint density at radius 1 is 1.28 bits per heavy atom. The lowest BCUT2D eigenvalue weighted by atomic mass is 10.00. The first-order chi connectivity index (χ1) is 15.2. The van der Waals surface area contributed by atoms with Crippen molar-refractivity contribution in [2.24, 2.45) is 10.2 Å². The van der Waals surface area contributed by atoms with Crippen LogP contribution in [-0.4, -0.2) is 63.4 Å². The average molecular weight is 461 g/mol. The highest BCUT2D eigenvalue weighted by Gasteiger charge is 2.41. The maximum atomic E-state index is 15.4. The number of nitrogens with zero attached hydrogens (tertiary/aromatic N) is 7. The smallest absolute Gasteiger partial charge is 0.255 e. The Hall–Kier alpha value is -2.85. The standard InChI is InChI=1S/C21H26ClFN8O/c1-12-9-14(32-8-6-7-30(4)5)10-15(23)16(12)17-18(22)27-20-24-11-25-31(20)19(17)26-13(2)21(3)28-29-21/h9-11,13,26H,6-8H2,1-5H3/t13-/m1/s1. The molecule has 1 atom stereocenters. The van der Waals surface area contributed by atoms with E-state index in [1.165, 1.54) is 16.9 Å². The van der Waals surface area contributed by atoms with Gasteiger partial charge in [0.05, 0.1) is 18.2 Å². The van der Waals surface area contributed by atoms with E-state index in [9.17, 15) is 0 Å². The Kier molecular flexibility index (Phi) is 6.00.